The Morgan fingerprint density at radius 3 is 2.55 bits per heavy atom. The Morgan fingerprint density at radius 1 is 1.02 bits per heavy atom. The second-order valence-electron chi connectivity index (χ2n) is 14.8. The molecule has 4 heterocycles. The van der Waals surface area contributed by atoms with E-state index in [1.54, 1.807) is 42.6 Å². The third-order valence-electron chi connectivity index (χ3n) is 10.7. The van der Waals surface area contributed by atoms with Crippen LogP contribution in [0.25, 0.3) is 11.1 Å². The molecule has 3 aliphatic heterocycles. The molecule has 0 saturated carbocycles. The molecule has 7 rings (SSSR count). The van der Waals surface area contributed by atoms with Crippen LogP contribution < -0.4 is 20.3 Å². The molecule has 0 bridgehead atoms. The van der Waals surface area contributed by atoms with Crippen molar-refractivity contribution in [3.8, 4) is 16.9 Å². The lowest BCUT2D eigenvalue weighted by molar-refractivity contribution is -0.128. The average molecular weight is 789 g/mol. The van der Waals surface area contributed by atoms with Gasteiger partial charge in [0, 0.05) is 42.4 Å². The van der Waals surface area contributed by atoms with Crippen LogP contribution in [0, 0.1) is 17.7 Å². The first kappa shape index (κ1) is 39.4. The van der Waals surface area contributed by atoms with E-state index in [2.05, 4.69) is 15.6 Å². The molecule has 3 aliphatic rings. The van der Waals surface area contributed by atoms with E-state index in [0.717, 1.165) is 22.5 Å². The number of aliphatic hydroxyl groups excluding tert-OH is 2. The number of pyridine rings is 1. The quantitative estimate of drug-likeness (QED) is 0.142. The van der Waals surface area contributed by atoms with Crippen molar-refractivity contribution in [2.45, 2.75) is 62.4 Å². The van der Waals surface area contributed by atoms with Crippen molar-refractivity contribution in [3.05, 3.63) is 113 Å². The van der Waals surface area contributed by atoms with Crippen molar-refractivity contribution in [2.75, 3.05) is 38.8 Å². The van der Waals surface area contributed by atoms with Crippen molar-refractivity contribution in [2.24, 2.45) is 11.8 Å². The standard InChI is InChI=1S/C42H46ClFN4O8/c1-48(2)38-14-11-27(21-45-38)25-9-7-24(8-10-25)17-33(46-42(52)56-37-23-55-41-30(37)15-16-53-41)34(49)19-28(18-26-5-3-4-6-32(26)44)40(51)47-39-31-20-29(43)12-13-36(31)54-22-35(39)50/h3-14,20-21,28,30,33-35,37,39,41,49-50H,15-19,22-23H2,1-2H3,(H,46,52)(H,47,51). The molecule has 1 aromatic heterocycles. The molecule has 12 nitrogen and oxygen atoms in total. The van der Waals surface area contributed by atoms with Crippen LogP contribution in [0.3, 0.4) is 0 Å². The number of alkyl carbamates (subject to hydrolysis) is 1. The maximum Gasteiger partial charge on any atom is 0.407 e. The van der Waals surface area contributed by atoms with Crippen molar-refractivity contribution in [1.82, 2.24) is 15.6 Å². The van der Waals surface area contributed by atoms with Crippen molar-refractivity contribution in [3.63, 3.8) is 0 Å². The molecule has 2 saturated heterocycles. The Labute approximate surface area is 329 Å². The molecule has 2 fully saturated rings. The van der Waals surface area contributed by atoms with Gasteiger partial charge in [-0.3, -0.25) is 4.79 Å². The molecule has 0 radical (unpaired) electrons. The maximum atomic E-state index is 15.1. The highest BCUT2D eigenvalue weighted by atomic mass is 35.5. The van der Waals surface area contributed by atoms with Gasteiger partial charge in [-0.25, -0.2) is 14.2 Å². The van der Waals surface area contributed by atoms with Gasteiger partial charge in [0.1, 0.15) is 36.2 Å². The minimum Gasteiger partial charge on any atom is -0.490 e. The summed E-state index contributed by atoms with van der Waals surface area (Å²) in [5, 5.41) is 29.1. The van der Waals surface area contributed by atoms with E-state index >= 15 is 4.39 Å². The van der Waals surface area contributed by atoms with E-state index in [1.807, 2.05) is 55.4 Å². The Hall–Kier alpha value is -4.79. The van der Waals surface area contributed by atoms with Crippen molar-refractivity contribution >= 4 is 29.4 Å². The van der Waals surface area contributed by atoms with Gasteiger partial charge in [-0.1, -0.05) is 54.1 Å². The number of carbonyl (C=O) groups excluding carboxylic acids is 2. The molecular weight excluding hydrogens is 743 g/mol. The summed E-state index contributed by atoms with van der Waals surface area (Å²) in [6, 6.07) is 20.9. The zero-order valence-electron chi connectivity index (χ0n) is 31.1. The van der Waals surface area contributed by atoms with Gasteiger partial charge >= 0.3 is 6.09 Å². The van der Waals surface area contributed by atoms with Gasteiger partial charge in [0.05, 0.1) is 37.3 Å². The third kappa shape index (κ3) is 9.25. The zero-order chi connectivity index (χ0) is 39.3. The third-order valence-corrected chi connectivity index (χ3v) is 10.9. The number of anilines is 1. The molecule has 296 valence electrons. The normalized spacial score (nSPS) is 22.9. The highest BCUT2D eigenvalue weighted by Crippen LogP contribution is 2.36. The van der Waals surface area contributed by atoms with Crippen molar-refractivity contribution < 1.29 is 43.1 Å². The first-order valence-electron chi connectivity index (χ1n) is 18.8. The summed E-state index contributed by atoms with van der Waals surface area (Å²) >= 11 is 6.27. The average Bonchev–Trinajstić information content (AvgIpc) is 3.82. The van der Waals surface area contributed by atoms with E-state index in [1.165, 1.54) is 6.07 Å². The number of fused-ring (bicyclic) bond motifs is 2. The fourth-order valence-electron chi connectivity index (χ4n) is 7.55. The highest BCUT2D eigenvalue weighted by Gasteiger charge is 2.44. The molecule has 8 atom stereocenters. The lowest BCUT2D eigenvalue weighted by Crippen LogP contribution is -2.49. The number of nitrogens with zero attached hydrogens (tertiary/aromatic N) is 2. The number of aromatic nitrogens is 1. The lowest BCUT2D eigenvalue weighted by Gasteiger charge is -2.33. The van der Waals surface area contributed by atoms with Crippen LogP contribution in [0.15, 0.2) is 85.1 Å². The Balaban J connectivity index is 1.12. The van der Waals surface area contributed by atoms with E-state index < -0.39 is 60.4 Å². The number of nitrogens with one attached hydrogen (secondary N) is 2. The van der Waals surface area contributed by atoms with Crippen LogP contribution in [0.5, 0.6) is 5.75 Å². The van der Waals surface area contributed by atoms with Crippen LogP contribution in [-0.4, -0.2) is 91.8 Å². The number of ether oxygens (including phenoxy) is 4. The van der Waals surface area contributed by atoms with E-state index in [0.29, 0.717) is 29.4 Å². The van der Waals surface area contributed by atoms with Gasteiger partial charge in [-0.2, -0.15) is 0 Å². The minimum absolute atomic E-state index is 0.0632. The highest BCUT2D eigenvalue weighted by molar-refractivity contribution is 6.30. The Morgan fingerprint density at radius 2 is 1.80 bits per heavy atom. The van der Waals surface area contributed by atoms with Crippen molar-refractivity contribution in [1.29, 1.82) is 0 Å². The first-order valence-corrected chi connectivity index (χ1v) is 19.2. The fraction of sp³-hybridized carbons (Fsp3) is 0.405. The predicted molar refractivity (Wildman–Crippen MR) is 207 cm³/mol. The van der Waals surface area contributed by atoms with E-state index in [4.69, 9.17) is 30.5 Å². The summed E-state index contributed by atoms with van der Waals surface area (Å²) in [6.45, 7) is 0.642. The van der Waals surface area contributed by atoms with Gasteiger partial charge in [0.2, 0.25) is 5.91 Å². The summed E-state index contributed by atoms with van der Waals surface area (Å²) < 4.78 is 37.8. The zero-order valence-corrected chi connectivity index (χ0v) is 31.9. The molecule has 4 aromatic rings. The number of hydrogen-bond donors (Lipinski definition) is 4. The number of carbonyl (C=O) groups is 2. The molecule has 8 unspecified atom stereocenters. The number of amides is 2. The topological polar surface area (TPSA) is 152 Å². The number of benzene rings is 3. The van der Waals surface area contributed by atoms with Crippen LogP contribution in [-0.2, 0) is 31.8 Å². The predicted octanol–water partition coefficient (Wildman–Crippen LogP) is 5.23. The van der Waals surface area contributed by atoms with Gasteiger partial charge in [-0.15, -0.1) is 0 Å². The molecule has 0 aliphatic carbocycles. The second-order valence-corrected chi connectivity index (χ2v) is 15.2. The summed E-state index contributed by atoms with van der Waals surface area (Å²) in [5.74, 6) is -0.804. The lowest BCUT2D eigenvalue weighted by atomic mass is 9.87. The number of aliphatic hydroxyl groups is 2. The summed E-state index contributed by atoms with van der Waals surface area (Å²) in [5.41, 5.74) is 3.44. The SMILES string of the molecule is CN(C)c1ccc(-c2ccc(CC(NC(=O)OC3COC4OCCC34)C(O)CC(Cc3ccccc3F)C(=O)NC3c4cc(Cl)ccc4OCC3O)cc2)cn1. The van der Waals surface area contributed by atoms with Gasteiger partial charge in [0.25, 0.3) is 0 Å². The maximum absolute atomic E-state index is 15.1. The van der Waals surface area contributed by atoms with E-state index in [9.17, 15) is 19.8 Å². The molecule has 3 aromatic carbocycles. The van der Waals surface area contributed by atoms with Crippen LogP contribution in [0.2, 0.25) is 5.02 Å². The summed E-state index contributed by atoms with van der Waals surface area (Å²) in [7, 11) is 3.85. The molecule has 0 spiro atoms. The summed E-state index contributed by atoms with van der Waals surface area (Å²) in [6.07, 6.45) is -1.62. The van der Waals surface area contributed by atoms with Crippen LogP contribution in [0.4, 0.5) is 15.0 Å². The second kappa shape index (κ2) is 17.6. The van der Waals surface area contributed by atoms with Gasteiger partial charge < -0.3 is 44.7 Å². The summed E-state index contributed by atoms with van der Waals surface area (Å²) in [4.78, 5) is 34.1. The van der Waals surface area contributed by atoms with Crippen LogP contribution in [0.1, 0.15) is 35.6 Å². The minimum atomic E-state index is -1.30. The largest absolute Gasteiger partial charge is 0.490 e. The number of rotatable bonds is 13. The number of halogens is 2. The molecule has 4 N–H and O–H groups in total. The molecule has 2 amide bonds. The molecule has 14 heteroatoms. The van der Waals surface area contributed by atoms with Gasteiger partial charge in [-0.05, 0) is 78.8 Å². The molecular formula is C42H46ClFN4O8. The first-order chi connectivity index (χ1) is 27.0. The Kier molecular flexibility index (Phi) is 12.4. The van der Waals surface area contributed by atoms with Crippen LogP contribution >= 0.6 is 11.6 Å². The van der Waals surface area contributed by atoms with Gasteiger partial charge in [0.15, 0.2) is 6.29 Å². The molecule has 56 heavy (non-hydrogen) atoms. The Bertz CT molecular complexity index is 1990. The smallest absolute Gasteiger partial charge is 0.407 e. The van der Waals surface area contributed by atoms with E-state index in [-0.39, 0.29) is 44.0 Å². The fourth-order valence-corrected chi connectivity index (χ4v) is 7.73. The number of hydrogen-bond acceptors (Lipinski definition) is 10. The monoisotopic (exact) mass is 788 g/mol.